The first-order chi connectivity index (χ1) is 10.1. The van der Waals surface area contributed by atoms with Crippen LogP contribution in [0.15, 0.2) is 36.4 Å². The lowest BCUT2D eigenvalue weighted by molar-refractivity contribution is 0.0702. The summed E-state index contributed by atoms with van der Waals surface area (Å²) in [5.74, 6) is -0.843. The molecule has 5 heteroatoms. The summed E-state index contributed by atoms with van der Waals surface area (Å²) in [6.45, 7) is 0.593. The van der Waals surface area contributed by atoms with Crippen LogP contribution < -0.4 is 5.32 Å². The Morgan fingerprint density at radius 1 is 1.19 bits per heavy atom. The average Bonchev–Trinajstić information content (AvgIpc) is 3.12. The van der Waals surface area contributed by atoms with Crippen molar-refractivity contribution >= 4 is 23.2 Å². The number of fused-ring (bicyclic) bond motifs is 1. The number of benzene rings is 1. The molecular weight excluding hydrogens is 286 g/mol. The average molecular weight is 301 g/mol. The van der Waals surface area contributed by atoms with E-state index in [0.717, 1.165) is 24.2 Å². The Kier molecular flexibility index (Phi) is 3.75. The quantitative estimate of drug-likeness (QED) is 0.912. The van der Waals surface area contributed by atoms with Gasteiger partial charge in [0.15, 0.2) is 0 Å². The SMILES string of the molecule is O=C(O)c1ccc(C(=O)NCC2CCc3ccccc32)s1. The molecule has 0 aliphatic heterocycles. The fourth-order valence-electron chi connectivity index (χ4n) is 2.74. The van der Waals surface area contributed by atoms with Gasteiger partial charge in [-0.1, -0.05) is 24.3 Å². The molecule has 0 spiro atoms. The van der Waals surface area contributed by atoms with Gasteiger partial charge in [0.2, 0.25) is 0 Å². The van der Waals surface area contributed by atoms with Gasteiger partial charge < -0.3 is 10.4 Å². The molecule has 1 aliphatic rings. The van der Waals surface area contributed by atoms with Crippen LogP contribution in [0.3, 0.4) is 0 Å². The van der Waals surface area contributed by atoms with Gasteiger partial charge in [-0.05, 0) is 36.1 Å². The van der Waals surface area contributed by atoms with Crippen molar-refractivity contribution in [2.75, 3.05) is 6.54 Å². The maximum atomic E-state index is 12.1. The molecule has 1 unspecified atom stereocenters. The monoisotopic (exact) mass is 301 g/mol. The number of carbonyl (C=O) groups is 2. The van der Waals surface area contributed by atoms with Crippen LogP contribution in [0.1, 0.15) is 42.8 Å². The molecular formula is C16H15NO3S. The fourth-order valence-corrected chi connectivity index (χ4v) is 3.50. The van der Waals surface area contributed by atoms with E-state index >= 15 is 0 Å². The molecule has 0 radical (unpaired) electrons. The van der Waals surface area contributed by atoms with Gasteiger partial charge in [-0.25, -0.2) is 4.79 Å². The molecule has 108 valence electrons. The summed E-state index contributed by atoms with van der Waals surface area (Å²) in [5.41, 5.74) is 2.68. The standard InChI is InChI=1S/C16H15NO3S/c18-15(13-7-8-14(21-13)16(19)20)17-9-11-6-5-10-3-1-2-4-12(10)11/h1-4,7-8,11H,5-6,9H2,(H,17,18)(H,19,20). The first-order valence-electron chi connectivity index (χ1n) is 6.84. The van der Waals surface area contributed by atoms with Crippen LogP contribution in [0.4, 0.5) is 0 Å². The Morgan fingerprint density at radius 2 is 1.95 bits per heavy atom. The zero-order valence-electron chi connectivity index (χ0n) is 11.3. The number of rotatable bonds is 4. The Bertz CT molecular complexity index is 692. The molecule has 1 amide bonds. The summed E-state index contributed by atoms with van der Waals surface area (Å²) in [7, 11) is 0. The smallest absolute Gasteiger partial charge is 0.345 e. The number of hydrogen-bond acceptors (Lipinski definition) is 3. The van der Waals surface area contributed by atoms with E-state index in [2.05, 4.69) is 17.4 Å². The van der Waals surface area contributed by atoms with E-state index in [9.17, 15) is 9.59 Å². The minimum atomic E-state index is -0.997. The van der Waals surface area contributed by atoms with E-state index in [4.69, 9.17) is 5.11 Å². The Morgan fingerprint density at radius 3 is 2.71 bits per heavy atom. The summed E-state index contributed by atoms with van der Waals surface area (Å²) in [6.07, 6.45) is 2.10. The highest BCUT2D eigenvalue weighted by molar-refractivity contribution is 7.15. The number of hydrogen-bond donors (Lipinski definition) is 2. The molecule has 0 saturated heterocycles. The second-order valence-corrected chi connectivity index (χ2v) is 6.20. The van der Waals surface area contributed by atoms with Crippen LogP contribution in [0.25, 0.3) is 0 Å². The van der Waals surface area contributed by atoms with Crippen LogP contribution in [0, 0.1) is 0 Å². The van der Waals surface area contributed by atoms with Gasteiger partial charge in [-0.15, -0.1) is 11.3 Å². The predicted octanol–water partition coefficient (Wildman–Crippen LogP) is 2.91. The molecule has 2 aromatic rings. The third kappa shape index (κ3) is 2.83. The maximum Gasteiger partial charge on any atom is 0.345 e. The van der Waals surface area contributed by atoms with Crippen LogP contribution in [0.5, 0.6) is 0 Å². The highest BCUT2D eigenvalue weighted by Crippen LogP contribution is 2.32. The zero-order chi connectivity index (χ0) is 14.8. The molecule has 4 nitrogen and oxygen atoms in total. The summed E-state index contributed by atoms with van der Waals surface area (Å²) in [5, 5.41) is 11.8. The number of aryl methyl sites for hydroxylation is 1. The highest BCUT2D eigenvalue weighted by Gasteiger charge is 2.22. The molecule has 0 saturated carbocycles. The van der Waals surface area contributed by atoms with Gasteiger partial charge in [0.05, 0.1) is 4.88 Å². The van der Waals surface area contributed by atoms with Crippen molar-refractivity contribution in [1.82, 2.24) is 5.32 Å². The summed E-state index contributed by atoms with van der Waals surface area (Å²) in [6, 6.07) is 11.3. The van der Waals surface area contributed by atoms with Gasteiger partial charge in [0.1, 0.15) is 4.88 Å². The first-order valence-corrected chi connectivity index (χ1v) is 7.66. The van der Waals surface area contributed by atoms with Crippen molar-refractivity contribution in [2.45, 2.75) is 18.8 Å². The normalized spacial score (nSPS) is 16.5. The van der Waals surface area contributed by atoms with E-state index in [0.29, 0.717) is 17.3 Å². The number of nitrogens with one attached hydrogen (secondary N) is 1. The third-order valence-corrected chi connectivity index (χ3v) is 4.88. The number of amides is 1. The number of thiophene rings is 1. The topological polar surface area (TPSA) is 66.4 Å². The summed E-state index contributed by atoms with van der Waals surface area (Å²) >= 11 is 1.01. The van der Waals surface area contributed by atoms with E-state index in [1.54, 1.807) is 6.07 Å². The predicted molar refractivity (Wildman–Crippen MR) is 81.1 cm³/mol. The summed E-state index contributed by atoms with van der Waals surface area (Å²) in [4.78, 5) is 23.5. The minimum Gasteiger partial charge on any atom is -0.477 e. The van der Waals surface area contributed by atoms with Crippen molar-refractivity contribution in [3.05, 3.63) is 57.3 Å². The molecule has 0 bridgehead atoms. The minimum absolute atomic E-state index is 0.186. The Labute approximate surface area is 126 Å². The van der Waals surface area contributed by atoms with Crippen molar-refractivity contribution in [1.29, 1.82) is 0 Å². The third-order valence-electron chi connectivity index (χ3n) is 3.81. The van der Waals surface area contributed by atoms with Gasteiger partial charge >= 0.3 is 5.97 Å². The van der Waals surface area contributed by atoms with Crippen LogP contribution in [-0.2, 0) is 6.42 Å². The highest BCUT2D eigenvalue weighted by atomic mass is 32.1. The molecule has 3 rings (SSSR count). The summed E-state index contributed by atoms with van der Waals surface area (Å²) < 4.78 is 0. The lowest BCUT2D eigenvalue weighted by atomic mass is 10.0. The largest absolute Gasteiger partial charge is 0.477 e. The fraction of sp³-hybridized carbons (Fsp3) is 0.250. The van der Waals surface area contributed by atoms with Crippen molar-refractivity contribution < 1.29 is 14.7 Å². The first kappa shape index (κ1) is 13.8. The molecule has 1 atom stereocenters. The van der Waals surface area contributed by atoms with Crippen molar-refractivity contribution in [2.24, 2.45) is 0 Å². The van der Waals surface area contributed by atoms with E-state index in [-0.39, 0.29) is 10.8 Å². The number of carboxylic acids is 1. The molecule has 1 aromatic heterocycles. The van der Waals surface area contributed by atoms with E-state index in [1.165, 1.54) is 17.2 Å². The van der Waals surface area contributed by atoms with Gasteiger partial charge in [0.25, 0.3) is 5.91 Å². The second kappa shape index (κ2) is 5.69. The lowest BCUT2D eigenvalue weighted by Gasteiger charge is -2.12. The molecule has 1 aliphatic carbocycles. The number of carboxylic acid groups (broad SMARTS) is 1. The molecule has 21 heavy (non-hydrogen) atoms. The number of aromatic carboxylic acids is 1. The molecule has 1 heterocycles. The van der Waals surface area contributed by atoms with E-state index < -0.39 is 5.97 Å². The van der Waals surface area contributed by atoms with Crippen molar-refractivity contribution in [3.63, 3.8) is 0 Å². The lowest BCUT2D eigenvalue weighted by Crippen LogP contribution is -2.27. The molecule has 1 aromatic carbocycles. The Hall–Kier alpha value is -2.14. The molecule has 0 fully saturated rings. The van der Waals surface area contributed by atoms with Gasteiger partial charge in [-0.3, -0.25) is 4.79 Å². The van der Waals surface area contributed by atoms with Crippen LogP contribution in [0.2, 0.25) is 0 Å². The van der Waals surface area contributed by atoms with E-state index in [1.807, 2.05) is 12.1 Å². The number of carbonyl (C=O) groups excluding carboxylic acids is 1. The van der Waals surface area contributed by atoms with Crippen LogP contribution >= 0.6 is 11.3 Å². The van der Waals surface area contributed by atoms with Crippen molar-refractivity contribution in [3.8, 4) is 0 Å². The Balaban J connectivity index is 1.63. The van der Waals surface area contributed by atoms with Gasteiger partial charge in [0, 0.05) is 12.5 Å². The van der Waals surface area contributed by atoms with Crippen LogP contribution in [-0.4, -0.2) is 23.5 Å². The van der Waals surface area contributed by atoms with Gasteiger partial charge in [-0.2, -0.15) is 0 Å². The maximum absolute atomic E-state index is 12.1. The molecule has 2 N–H and O–H groups in total. The zero-order valence-corrected chi connectivity index (χ0v) is 12.2. The second-order valence-electron chi connectivity index (χ2n) is 5.11.